The first kappa shape index (κ1) is 17.3. The minimum Gasteiger partial charge on any atom is -0.393 e. The third-order valence-corrected chi connectivity index (χ3v) is 5.58. The summed E-state index contributed by atoms with van der Waals surface area (Å²) in [6, 6.07) is 0.0368. The molecule has 0 bridgehead atoms. The average molecular weight is 321 g/mol. The van der Waals surface area contributed by atoms with Crippen LogP contribution in [0.3, 0.4) is 0 Å². The van der Waals surface area contributed by atoms with Crippen molar-refractivity contribution in [2.75, 3.05) is 38.7 Å². The molecule has 1 heterocycles. The zero-order valence-corrected chi connectivity index (χ0v) is 13.7. The van der Waals surface area contributed by atoms with E-state index < -0.39 is 9.84 Å². The van der Waals surface area contributed by atoms with Crippen LogP contribution in [-0.4, -0.2) is 73.8 Å². The molecule has 2 N–H and O–H groups in total. The quantitative estimate of drug-likeness (QED) is 0.644. The highest BCUT2D eigenvalue weighted by Crippen LogP contribution is 2.16. The SMILES string of the molecule is CN(CCC(N)=S)C(=O)CCN(C)C1CCS(=O)(=O)C1. The summed E-state index contributed by atoms with van der Waals surface area (Å²) in [5.41, 5.74) is 5.40. The van der Waals surface area contributed by atoms with Crippen LogP contribution in [0.5, 0.6) is 0 Å². The van der Waals surface area contributed by atoms with Gasteiger partial charge in [0.05, 0.1) is 16.5 Å². The lowest BCUT2D eigenvalue weighted by Crippen LogP contribution is -2.37. The smallest absolute Gasteiger partial charge is 0.223 e. The van der Waals surface area contributed by atoms with Gasteiger partial charge in [0.1, 0.15) is 0 Å². The standard InChI is InChI=1S/C12H23N3O3S2/c1-14(10-5-8-20(17,18)9-10)7-4-12(16)15(2)6-3-11(13)19/h10H,3-9H2,1-2H3,(H2,13,19). The molecule has 1 aliphatic rings. The predicted octanol–water partition coefficient (Wildman–Crippen LogP) is -0.370. The lowest BCUT2D eigenvalue weighted by molar-refractivity contribution is -0.130. The maximum Gasteiger partial charge on any atom is 0.223 e. The molecular weight excluding hydrogens is 298 g/mol. The van der Waals surface area contributed by atoms with Gasteiger partial charge >= 0.3 is 0 Å². The molecule has 6 nitrogen and oxygen atoms in total. The molecule has 0 aromatic rings. The first-order chi connectivity index (χ1) is 9.21. The van der Waals surface area contributed by atoms with Gasteiger partial charge in [0.25, 0.3) is 0 Å². The lowest BCUT2D eigenvalue weighted by Gasteiger charge is -2.24. The van der Waals surface area contributed by atoms with Crippen LogP contribution in [0.15, 0.2) is 0 Å². The van der Waals surface area contributed by atoms with Gasteiger partial charge in [-0.15, -0.1) is 0 Å². The minimum absolute atomic E-state index is 0.0222. The van der Waals surface area contributed by atoms with Crippen molar-refractivity contribution in [1.29, 1.82) is 0 Å². The lowest BCUT2D eigenvalue weighted by atomic mass is 10.2. The van der Waals surface area contributed by atoms with E-state index in [0.29, 0.717) is 37.3 Å². The fraction of sp³-hybridized carbons (Fsp3) is 0.833. The molecular formula is C12H23N3O3S2. The Labute approximate surface area is 126 Å². The first-order valence-electron chi connectivity index (χ1n) is 6.64. The third kappa shape index (κ3) is 5.72. The number of nitrogens with two attached hydrogens (primary N) is 1. The van der Waals surface area contributed by atoms with E-state index in [0.717, 1.165) is 0 Å². The van der Waals surface area contributed by atoms with Gasteiger partial charge in [-0.25, -0.2) is 8.42 Å². The summed E-state index contributed by atoms with van der Waals surface area (Å²) in [6.07, 6.45) is 1.56. The van der Waals surface area contributed by atoms with E-state index in [2.05, 4.69) is 0 Å². The maximum absolute atomic E-state index is 11.9. The van der Waals surface area contributed by atoms with Gasteiger partial charge in [-0.2, -0.15) is 0 Å². The molecule has 8 heteroatoms. The first-order valence-corrected chi connectivity index (χ1v) is 8.87. The number of thiocarbonyl (C=S) groups is 1. The predicted molar refractivity (Wildman–Crippen MR) is 83.3 cm³/mol. The molecule has 1 amide bonds. The number of carbonyl (C=O) groups is 1. The largest absolute Gasteiger partial charge is 0.393 e. The summed E-state index contributed by atoms with van der Waals surface area (Å²) in [7, 11) is 0.713. The van der Waals surface area contributed by atoms with Crippen LogP contribution < -0.4 is 5.73 Å². The molecule has 116 valence electrons. The minimum atomic E-state index is -2.88. The van der Waals surface area contributed by atoms with Crippen molar-refractivity contribution in [2.24, 2.45) is 5.73 Å². The molecule has 1 fully saturated rings. The highest BCUT2D eigenvalue weighted by Gasteiger charge is 2.30. The van der Waals surface area contributed by atoms with Crippen LogP contribution in [0.25, 0.3) is 0 Å². The van der Waals surface area contributed by atoms with Crippen molar-refractivity contribution < 1.29 is 13.2 Å². The molecule has 1 aliphatic heterocycles. The van der Waals surface area contributed by atoms with Gasteiger partial charge < -0.3 is 15.5 Å². The van der Waals surface area contributed by atoms with E-state index in [4.69, 9.17) is 18.0 Å². The van der Waals surface area contributed by atoms with Gasteiger partial charge in [0.15, 0.2) is 9.84 Å². The Morgan fingerprint density at radius 1 is 1.30 bits per heavy atom. The van der Waals surface area contributed by atoms with Gasteiger partial charge in [-0.1, -0.05) is 12.2 Å². The maximum atomic E-state index is 11.9. The second-order valence-corrected chi connectivity index (χ2v) is 8.07. The fourth-order valence-electron chi connectivity index (χ4n) is 2.17. The summed E-state index contributed by atoms with van der Waals surface area (Å²) >= 11 is 4.78. The molecule has 0 aliphatic carbocycles. The highest BCUT2D eigenvalue weighted by molar-refractivity contribution is 7.91. The number of hydrogen-bond donors (Lipinski definition) is 1. The summed E-state index contributed by atoms with van der Waals surface area (Å²) in [4.78, 5) is 15.9. The monoisotopic (exact) mass is 321 g/mol. The molecule has 1 atom stereocenters. The Morgan fingerprint density at radius 3 is 2.45 bits per heavy atom. The van der Waals surface area contributed by atoms with Gasteiger partial charge in [-0.3, -0.25) is 4.79 Å². The van der Waals surface area contributed by atoms with E-state index in [1.807, 2.05) is 11.9 Å². The Morgan fingerprint density at radius 2 is 1.95 bits per heavy atom. The second kappa shape index (κ2) is 7.33. The second-order valence-electron chi connectivity index (χ2n) is 5.32. The van der Waals surface area contributed by atoms with Crippen molar-refractivity contribution in [3.05, 3.63) is 0 Å². The fourth-order valence-corrected chi connectivity index (χ4v) is 4.07. The molecule has 0 spiro atoms. The summed E-state index contributed by atoms with van der Waals surface area (Å²) in [5, 5.41) is 0. The van der Waals surface area contributed by atoms with Crippen LogP contribution >= 0.6 is 12.2 Å². The van der Waals surface area contributed by atoms with E-state index >= 15 is 0 Å². The summed E-state index contributed by atoms with van der Waals surface area (Å²) < 4.78 is 22.8. The third-order valence-electron chi connectivity index (χ3n) is 3.63. The Balaban J connectivity index is 2.32. The van der Waals surface area contributed by atoms with Crippen molar-refractivity contribution in [3.8, 4) is 0 Å². The highest BCUT2D eigenvalue weighted by atomic mass is 32.2. The van der Waals surface area contributed by atoms with Crippen molar-refractivity contribution in [1.82, 2.24) is 9.80 Å². The van der Waals surface area contributed by atoms with E-state index in [9.17, 15) is 13.2 Å². The van der Waals surface area contributed by atoms with E-state index in [-0.39, 0.29) is 23.5 Å². The molecule has 20 heavy (non-hydrogen) atoms. The average Bonchev–Trinajstić information content (AvgIpc) is 2.72. The molecule has 0 saturated carbocycles. The number of carbonyl (C=O) groups excluding carboxylic acids is 1. The van der Waals surface area contributed by atoms with Crippen LogP contribution in [0, 0.1) is 0 Å². The molecule has 1 rings (SSSR count). The molecule has 0 aromatic carbocycles. The van der Waals surface area contributed by atoms with Gasteiger partial charge in [-0.05, 0) is 13.5 Å². The van der Waals surface area contributed by atoms with Crippen molar-refractivity contribution in [3.63, 3.8) is 0 Å². The Kier molecular flexibility index (Phi) is 6.35. The number of hydrogen-bond acceptors (Lipinski definition) is 5. The number of nitrogens with zero attached hydrogens (tertiary/aromatic N) is 2. The summed E-state index contributed by atoms with van der Waals surface area (Å²) in [5.74, 6) is 0.479. The van der Waals surface area contributed by atoms with E-state index in [1.165, 1.54) is 0 Å². The van der Waals surface area contributed by atoms with E-state index in [1.54, 1.807) is 11.9 Å². The molecule has 1 saturated heterocycles. The number of amides is 1. The molecule has 0 aromatic heterocycles. The van der Waals surface area contributed by atoms with Crippen LogP contribution in [0.1, 0.15) is 19.3 Å². The Bertz CT molecular complexity index is 465. The van der Waals surface area contributed by atoms with Crippen molar-refractivity contribution >= 4 is 33.0 Å². The summed E-state index contributed by atoms with van der Waals surface area (Å²) in [6.45, 7) is 1.09. The van der Waals surface area contributed by atoms with Crippen molar-refractivity contribution in [2.45, 2.75) is 25.3 Å². The topological polar surface area (TPSA) is 83.7 Å². The van der Waals surface area contributed by atoms with Gasteiger partial charge in [0.2, 0.25) is 5.91 Å². The normalized spacial score (nSPS) is 21.1. The molecule has 0 radical (unpaired) electrons. The van der Waals surface area contributed by atoms with Gasteiger partial charge in [0, 0.05) is 39.0 Å². The zero-order chi connectivity index (χ0) is 15.3. The van der Waals surface area contributed by atoms with Crippen LogP contribution in [-0.2, 0) is 14.6 Å². The number of rotatable bonds is 7. The van der Waals surface area contributed by atoms with Crippen LogP contribution in [0.2, 0.25) is 0 Å². The zero-order valence-electron chi connectivity index (χ0n) is 12.0. The number of sulfone groups is 1. The van der Waals surface area contributed by atoms with Crippen LogP contribution in [0.4, 0.5) is 0 Å². The molecule has 1 unspecified atom stereocenters. The Hall–Kier alpha value is -0.730.